The van der Waals surface area contributed by atoms with Gasteiger partial charge in [-0.05, 0) is 24.0 Å². The van der Waals surface area contributed by atoms with Gasteiger partial charge in [-0.1, -0.05) is 18.2 Å². The molecule has 1 amide bonds. The van der Waals surface area contributed by atoms with E-state index in [0.717, 1.165) is 13.0 Å². The average Bonchev–Trinajstić information content (AvgIpc) is 2.81. The second-order valence-corrected chi connectivity index (χ2v) is 4.73. The lowest BCUT2D eigenvalue weighted by Gasteiger charge is -2.16. The lowest BCUT2D eigenvalue weighted by Crippen LogP contribution is -2.30. The smallest absolute Gasteiger partial charge is 0.227 e. The number of likely N-dealkylation sites (tertiary alicyclic amines) is 1. The molecule has 2 nitrogen and oxygen atoms in total. The third-order valence-corrected chi connectivity index (χ3v) is 3.59. The van der Waals surface area contributed by atoms with Crippen LogP contribution in [0.4, 0.5) is 4.39 Å². The molecule has 1 aromatic carbocycles. The van der Waals surface area contributed by atoms with E-state index in [4.69, 9.17) is 11.6 Å². The van der Waals surface area contributed by atoms with Crippen LogP contribution in [0.15, 0.2) is 24.3 Å². The number of rotatable bonds is 3. The van der Waals surface area contributed by atoms with Crippen LogP contribution >= 0.6 is 11.6 Å². The zero-order valence-electron chi connectivity index (χ0n) is 9.53. The Hall–Kier alpha value is -1.09. The van der Waals surface area contributed by atoms with E-state index >= 15 is 0 Å². The van der Waals surface area contributed by atoms with Crippen LogP contribution in [0.1, 0.15) is 12.0 Å². The van der Waals surface area contributed by atoms with Crippen molar-refractivity contribution in [3.63, 3.8) is 0 Å². The lowest BCUT2D eigenvalue weighted by molar-refractivity contribution is -0.129. The van der Waals surface area contributed by atoms with E-state index in [0.29, 0.717) is 23.9 Å². The summed E-state index contributed by atoms with van der Waals surface area (Å²) in [5.41, 5.74) is 0.465. The molecule has 1 aliphatic rings. The van der Waals surface area contributed by atoms with E-state index in [2.05, 4.69) is 0 Å². The first-order valence-corrected chi connectivity index (χ1v) is 6.31. The standard InChI is InChI=1S/C13H15ClFNO/c14-8-10-5-6-16(9-10)13(17)7-11-3-1-2-4-12(11)15/h1-4,10H,5-9H2. The summed E-state index contributed by atoms with van der Waals surface area (Å²) < 4.78 is 13.4. The summed E-state index contributed by atoms with van der Waals surface area (Å²) in [6.45, 7) is 1.45. The number of alkyl halides is 1. The lowest BCUT2D eigenvalue weighted by atomic mass is 10.1. The Balaban J connectivity index is 1.96. The molecule has 2 rings (SSSR count). The second kappa shape index (κ2) is 5.50. The highest BCUT2D eigenvalue weighted by Crippen LogP contribution is 2.19. The number of halogens is 2. The molecule has 92 valence electrons. The van der Waals surface area contributed by atoms with Crippen LogP contribution in [0.25, 0.3) is 0 Å². The molecule has 1 unspecified atom stereocenters. The van der Waals surface area contributed by atoms with Gasteiger partial charge in [-0.2, -0.15) is 0 Å². The van der Waals surface area contributed by atoms with E-state index in [1.165, 1.54) is 6.07 Å². The summed E-state index contributed by atoms with van der Waals surface area (Å²) in [7, 11) is 0. The molecule has 4 heteroatoms. The van der Waals surface area contributed by atoms with Crippen molar-refractivity contribution in [3.8, 4) is 0 Å². The van der Waals surface area contributed by atoms with E-state index in [1.54, 1.807) is 23.1 Å². The topological polar surface area (TPSA) is 20.3 Å². The molecule has 1 saturated heterocycles. The molecule has 0 bridgehead atoms. The zero-order chi connectivity index (χ0) is 12.3. The molecule has 1 aromatic rings. The predicted octanol–water partition coefficient (Wildman–Crippen LogP) is 2.46. The molecule has 0 aromatic heterocycles. The van der Waals surface area contributed by atoms with Crippen LogP contribution in [0.5, 0.6) is 0 Å². The zero-order valence-corrected chi connectivity index (χ0v) is 10.3. The van der Waals surface area contributed by atoms with Crippen molar-refractivity contribution in [2.75, 3.05) is 19.0 Å². The van der Waals surface area contributed by atoms with Crippen molar-refractivity contribution in [2.24, 2.45) is 5.92 Å². The average molecular weight is 256 g/mol. The summed E-state index contributed by atoms with van der Waals surface area (Å²) in [4.78, 5) is 13.7. The first-order chi connectivity index (χ1) is 8.20. The van der Waals surface area contributed by atoms with Crippen molar-refractivity contribution in [1.82, 2.24) is 4.90 Å². The molecule has 17 heavy (non-hydrogen) atoms. The second-order valence-electron chi connectivity index (χ2n) is 4.42. The molecule has 0 N–H and O–H groups in total. The van der Waals surface area contributed by atoms with E-state index < -0.39 is 0 Å². The van der Waals surface area contributed by atoms with E-state index in [-0.39, 0.29) is 18.1 Å². The maximum absolute atomic E-state index is 13.4. The quantitative estimate of drug-likeness (QED) is 0.760. The van der Waals surface area contributed by atoms with Crippen LogP contribution in [0.3, 0.4) is 0 Å². The number of amides is 1. The summed E-state index contributed by atoms with van der Waals surface area (Å²) in [6.07, 6.45) is 1.09. The van der Waals surface area contributed by atoms with Gasteiger partial charge in [-0.3, -0.25) is 4.79 Å². The minimum absolute atomic E-state index is 0.0114. The molecule has 0 saturated carbocycles. The van der Waals surface area contributed by atoms with Gasteiger partial charge < -0.3 is 4.90 Å². The van der Waals surface area contributed by atoms with Gasteiger partial charge in [-0.25, -0.2) is 4.39 Å². The fourth-order valence-electron chi connectivity index (χ4n) is 2.10. The monoisotopic (exact) mass is 255 g/mol. The van der Waals surface area contributed by atoms with Gasteiger partial charge >= 0.3 is 0 Å². The molecular formula is C13H15ClFNO. The largest absolute Gasteiger partial charge is 0.342 e. The van der Waals surface area contributed by atoms with Crippen molar-refractivity contribution >= 4 is 17.5 Å². The van der Waals surface area contributed by atoms with Gasteiger partial charge in [0.1, 0.15) is 5.82 Å². The van der Waals surface area contributed by atoms with Gasteiger partial charge in [-0.15, -0.1) is 11.6 Å². The molecule has 0 radical (unpaired) electrons. The minimum atomic E-state index is -0.311. The van der Waals surface area contributed by atoms with E-state index in [9.17, 15) is 9.18 Å². The van der Waals surface area contributed by atoms with Crippen LogP contribution < -0.4 is 0 Å². The number of benzene rings is 1. The highest BCUT2D eigenvalue weighted by molar-refractivity contribution is 6.18. The van der Waals surface area contributed by atoms with Gasteiger partial charge in [0.2, 0.25) is 5.91 Å². The van der Waals surface area contributed by atoms with Crippen molar-refractivity contribution < 1.29 is 9.18 Å². The van der Waals surface area contributed by atoms with E-state index in [1.807, 2.05) is 0 Å². The summed E-state index contributed by atoms with van der Waals surface area (Å²) in [5, 5.41) is 0. The fourth-order valence-corrected chi connectivity index (χ4v) is 2.35. The highest BCUT2D eigenvalue weighted by atomic mass is 35.5. The summed E-state index contributed by atoms with van der Waals surface area (Å²) in [6, 6.07) is 6.41. The summed E-state index contributed by atoms with van der Waals surface area (Å²) >= 11 is 5.77. The normalized spacial score (nSPS) is 19.6. The predicted molar refractivity (Wildman–Crippen MR) is 65.5 cm³/mol. The molecule has 0 spiro atoms. The number of hydrogen-bond acceptors (Lipinski definition) is 1. The van der Waals surface area contributed by atoms with Crippen LogP contribution in [0, 0.1) is 11.7 Å². The molecule has 1 heterocycles. The maximum atomic E-state index is 13.4. The third kappa shape index (κ3) is 2.97. The van der Waals surface area contributed by atoms with Gasteiger partial charge in [0.05, 0.1) is 6.42 Å². The minimum Gasteiger partial charge on any atom is -0.342 e. The van der Waals surface area contributed by atoms with Crippen LogP contribution in [-0.4, -0.2) is 29.8 Å². The number of nitrogens with zero attached hydrogens (tertiary/aromatic N) is 1. The van der Waals surface area contributed by atoms with Gasteiger partial charge in [0.25, 0.3) is 0 Å². The Kier molecular flexibility index (Phi) is 4.00. The summed E-state index contributed by atoms with van der Waals surface area (Å²) in [5.74, 6) is 0.654. The Labute approximate surface area is 105 Å². The number of carbonyl (C=O) groups excluding carboxylic acids is 1. The Morgan fingerprint density at radius 3 is 2.88 bits per heavy atom. The molecular weight excluding hydrogens is 241 g/mol. The van der Waals surface area contributed by atoms with Gasteiger partial charge in [0.15, 0.2) is 0 Å². The first kappa shape index (κ1) is 12.4. The molecule has 0 aliphatic carbocycles. The first-order valence-electron chi connectivity index (χ1n) is 5.78. The van der Waals surface area contributed by atoms with Gasteiger partial charge in [0, 0.05) is 19.0 Å². The fraction of sp³-hybridized carbons (Fsp3) is 0.462. The number of carbonyl (C=O) groups is 1. The van der Waals surface area contributed by atoms with Crippen molar-refractivity contribution in [2.45, 2.75) is 12.8 Å². The molecule has 1 aliphatic heterocycles. The highest BCUT2D eigenvalue weighted by Gasteiger charge is 2.25. The SMILES string of the molecule is O=C(Cc1ccccc1F)N1CCC(CCl)C1. The Morgan fingerprint density at radius 1 is 1.47 bits per heavy atom. The molecule has 1 fully saturated rings. The Bertz CT molecular complexity index is 410. The van der Waals surface area contributed by atoms with Crippen LogP contribution in [-0.2, 0) is 11.2 Å². The van der Waals surface area contributed by atoms with Crippen LogP contribution in [0.2, 0.25) is 0 Å². The maximum Gasteiger partial charge on any atom is 0.227 e. The number of hydrogen-bond donors (Lipinski definition) is 0. The Morgan fingerprint density at radius 2 is 2.24 bits per heavy atom. The third-order valence-electron chi connectivity index (χ3n) is 3.16. The van der Waals surface area contributed by atoms with Crippen molar-refractivity contribution in [3.05, 3.63) is 35.6 Å². The molecule has 1 atom stereocenters. The van der Waals surface area contributed by atoms with Crippen molar-refractivity contribution in [1.29, 1.82) is 0 Å².